The van der Waals surface area contributed by atoms with Crippen LogP contribution in [0, 0.1) is 11.8 Å². The van der Waals surface area contributed by atoms with Crippen LogP contribution in [0.25, 0.3) is 0 Å². The van der Waals surface area contributed by atoms with Crippen molar-refractivity contribution in [1.82, 2.24) is 0 Å². The third kappa shape index (κ3) is 16.5. The molecule has 1 aromatic rings. The Morgan fingerprint density at radius 3 is 1.97 bits per heavy atom. The summed E-state index contributed by atoms with van der Waals surface area (Å²) in [7, 11) is 0. The van der Waals surface area contributed by atoms with Gasteiger partial charge in [0.1, 0.15) is 0 Å². The molecule has 178 valence electrons. The predicted molar refractivity (Wildman–Crippen MR) is 138 cm³/mol. The van der Waals surface area contributed by atoms with Gasteiger partial charge in [0.15, 0.2) is 0 Å². The molecule has 0 radical (unpaired) electrons. The van der Waals surface area contributed by atoms with Gasteiger partial charge in [-0.05, 0) is 63.3 Å². The standard InChI is InChI=1S/C29H45NO2/c1-3-5-6-7-8-9-10-11-12-13-14-15-16-17-18-19-26-30-28-23-20-27(21-24-28)22-25-29(31)32-4-2/h11-12,20-21,23-24,30H,3-10,13-19,26H2,1-2H3. The lowest BCUT2D eigenvalue weighted by Crippen LogP contribution is -2.01. The highest BCUT2D eigenvalue weighted by Gasteiger charge is 1.96. The van der Waals surface area contributed by atoms with Crippen LogP contribution in [0.1, 0.15) is 109 Å². The van der Waals surface area contributed by atoms with Gasteiger partial charge in [-0.2, -0.15) is 0 Å². The number of rotatable bonds is 18. The van der Waals surface area contributed by atoms with Gasteiger partial charge in [-0.15, -0.1) is 0 Å². The van der Waals surface area contributed by atoms with Crippen LogP contribution in [0.15, 0.2) is 36.4 Å². The molecule has 0 aliphatic heterocycles. The first-order valence-electron chi connectivity index (χ1n) is 12.9. The Morgan fingerprint density at radius 2 is 1.38 bits per heavy atom. The molecule has 0 aliphatic rings. The second kappa shape index (κ2) is 20.7. The topological polar surface area (TPSA) is 38.3 Å². The van der Waals surface area contributed by atoms with Gasteiger partial charge < -0.3 is 10.1 Å². The number of carbonyl (C=O) groups is 1. The summed E-state index contributed by atoms with van der Waals surface area (Å²) in [6, 6.07) is 7.87. The number of anilines is 1. The lowest BCUT2D eigenvalue weighted by atomic mass is 10.1. The Balaban J connectivity index is 1.93. The molecule has 0 aromatic heterocycles. The van der Waals surface area contributed by atoms with E-state index in [0.29, 0.717) is 6.61 Å². The Morgan fingerprint density at radius 1 is 0.812 bits per heavy atom. The highest BCUT2D eigenvalue weighted by Crippen LogP contribution is 2.12. The van der Waals surface area contributed by atoms with Crippen LogP contribution < -0.4 is 5.32 Å². The molecule has 0 atom stereocenters. The van der Waals surface area contributed by atoms with Gasteiger partial charge in [0.2, 0.25) is 0 Å². The van der Waals surface area contributed by atoms with E-state index in [2.05, 4.69) is 36.2 Å². The minimum absolute atomic E-state index is 0.354. The second-order valence-corrected chi connectivity index (χ2v) is 8.41. The Kier molecular flexibility index (Phi) is 18.0. The number of benzene rings is 1. The lowest BCUT2D eigenvalue weighted by Gasteiger charge is -2.06. The summed E-state index contributed by atoms with van der Waals surface area (Å²) in [5.41, 5.74) is 1.92. The predicted octanol–water partition coefficient (Wildman–Crippen LogP) is 8.05. The van der Waals surface area contributed by atoms with Crippen molar-refractivity contribution in [2.45, 2.75) is 104 Å². The summed E-state index contributed by atoms with van der Waals surface area (Å²) >= 11 is 0. The maximum absolute atomic E-state index is 11.3. The summed E-state index contributed by atoms with van der Waals surface area (Å²) in [6.45, 7) is 5.40. The molecule has 1 N–H and O–H groups in total. The zero-order valence-electron chi connectivity index (χ0n) is 20.6. The molecule has 1 aromatic carbocycles. The number of unbranched alkanes of at least 4 members (excludes halogenated alkanes) is 12. The van der Waals surface area contributed by atoms with E-state index < -0.39 is 5.97 Å². The van der Waals surface area contributed by atoms with Crippen LogP contribution in [-0.4, -0.2) is 19.1 Å². The van der Waals surface area contributed by atoms with Crippen LogP contribution >= 0.6 is 0 Å². The SMILES string of the molecule is CCCCCCCCC=CCCCCCCCCNc1ccc(C#CC(=O)OCC)cc1. The first kappa shape index (κ1) is 27.8. The number of allylic oxidation sites excluding steroid dienone is 2. The van der Waals surface area contributed by atoms with Crippen molar-refractivity contribution in [2.75, 3.05) is 18.5 Å². The lowest BCUT2D eigenvalue weighted by molar-refractivity contribution is -0.136. The van der Waals surface area contributed by atoms with E-state index >= 15 is 0 Å². The van der Waals surface area contributed by atoms with Crippen molar-refractivity contribution >= 4 is 11.7 Å². The molecular weight excluding hydrogens is 394 g/mol. The number of ether oxygens (including phenoxy) is 1. The molecule has 32 heavy (non-hydrogen) atoms. The molecule has 0 saturated heterocycles. The molecule has 0 heterocycles. The van der Waals surface area contributed by atoms with E-state index in [0.717, 1.165) is 17.8 Å². The van der Waals surface area contributed by atoms with E-state index in [4.69, 9.17) is 4.74 Å². The number of hydrogen-bond acceptors (Lipinski definition) is 3. The molecule has 0 amide bonds. The minimum Gasteiger partial charge on any atom is -0.456 e. The largest absolute Gasteiger partial charge is 0.456 e. The highest BCUT2D eigenvalue weighted by molar-refractivity contribution is 5.89. The van der Waals surface area contributed by atoms with Crippen molar-refractivity contribution in [1.29, 1.82) is 0 Å². The van der Waals surface area contributed by atoms with E-state index in [1.165, 1.54) is 89.9 Å². The summed E-state index contributed by atoms with van der Waals surface area (Å²) in [6.07, 6.45) is 23.5. The van der Waals surface area contributed by atoms with Crippen LogP contribution in [0.5, 0.6) is 0 Å². The number of esters is 1. The molecule has 0 spiro atoms. The van der Waals surface area contributed by atoms with Gasteiger partial charge in [-0.3, -0.25) is 0 Å². The van der Waals surface area contributed by atoms with Crippen molar-refractivity contribution in [3.05, 3.63) is 42.0 Å². The fraction of sp³-hybridized carbons (Fsp3) is 0.621. The first-order valence-corrected chi connectivity index (χ1v) is 12.9. The van der Waals surface area contributed by atoms with Gasteiger partial charge in [0.25, 0.3) is 0 Å². The smallest absolute Gasteiger partial charge is 0.384 e. The quantitative estimate of drug-likeness (QED) is 0.109. The Hall–Kier alpha value is -2.21. The van der Waals surface area contributed by atoms with Crippen LogP contribution in [-0.2, 0) is 9.53 Å². The van der Waals surface area contributed by atoms with E-state index in [1.807, 2.05) is 24.3 Å². The van der Waals surface area contributed by atoms with E-state index in [9.17, 15) is 4.79 Å². The van der Waals surface area contributed by atoms with E-state index in [1.54, 1.807) is 6.92 Å². The zero-order valence-corrected chi connectivity index (χ0v) is 20.6. The summed E-state index contributed by atoms with van der Waals surface area (Å²) in [5, 5.41) is 3.46. The molecule has 1 rings (SSSR count). The summed E-state index contributed by atoms with van der Waals surface area (Å²) in [4.78, 5) is 11.3. The monoisotopic (exact) mass is 439 g/mol. The normalized spacial score (nSPS) is 10.7. The molecule has 0 bridgehead atoms. The van der Waals surface area contributed by atoms with Crippen LogP contribution in [0.2, 0.25) is 0 Å². The fourth-order valence-electron chi connectivity index (χ4n) is 3.57. The average molecular weight is 440 g/mol. The molecule has 0 unspecified atom stereocenters. The molecule has 0 fully saturated rings. The third-order valence-electron chi connectivity index (χ3n) is 5.49. The zero-order chi connectivity index (χ0) is 23.1. The second-order valence-electron chi connectivity index (χ2n) is 8.41. The minimum atomic E-state index is -0.477. The molecule has 3 nitrogen and oxygen atoms in total. The fourth-order valence-corrected chi connectivity index (χ4v) is 3.57. The number of hydrogen-bond donors (Lipinski definition) is 1. The summed E-state index contributed by atoms with van der Waals surface area (Å²) < 4.78 is 4.80. The van der Waals surface area contributed by atoms with Crippen molar-refractivity contribution in [2.24, 2.45) is 0 Å². The maximum atomic E-state index is 11.3. The Bertz CT molecular complexity index is 667. The van der Waals surface area contributed by atoms with Gasteiger partial charge in [-0.1, -0.05) is 82.8 Å². The van der Waals surface area contributed by atoms with Crippen molar-refractivity contribution in [3.63, 3.8) is 0 Å². The van der Waals surface area contributed by atoms with Gasteiger partial charge in [-0.25, -0.2) is 4.79 Å². The Labute approximate surface area is 197 Å². The van der Waals surface area contributed by atoms with Crippen molar-refractivity contribution < 1.29 is 9.53 Å². The molecule has 0 aliphatic carbocycles. The molecule has 3 heteroatoms. The van der Waals surface area contributed by atoms with Gasteiger partial charge >= 0.3 is 5.97 Å². The summed E-state index contributed by atoms with van der Waals surface area (Å²) in [5.74, 6) is 4.84. The van der Waals surface area contributed by atoms with Crippen LogP contribution in [0.3, 0.4) is 0 Å². The highest BCUT2D eigenvalue weighted by atomic mass is 16.5. The first-order chi connectivity index (χ1) is 15.8. The maximum Gasteiger partial charge on any atom is 0.384 e. The van der Waals surface area contributed by atoms with Gasteiger partial charge in [0.05, 0.1) is 6.61 Å². The molecule has 0 saturated carbocycles. The third-order valence-corrected chi connectivity index (χ3v) is 5.49. The van der Waals surface area contributed by atoms with Crippen LogP contribution in [0.4, 0.5) is 5.69 Å². The van der Waals surface area contributed by atoms with E-state index in [-0.39, 0.29) is 0 Å². The molecular formula is C29H45NO2. The number of nitrogens with one attached hydrogen (secondary N) is 1. The van der Waals surface area contributed by atoms with Gasteiger partial charge in [0, 0.05) is 23.7 Å². The van der Waals surface area contributed by atoms with Crippen molar-refractivity contribution in [3.8, 4) is 11.8 Å². The number of carbonyl (C=O) groups excluding carboxylic acids is 1. The average Bonchev–Trinajstić information content (AvgIpc) is 2.80.